The van der Waals surface area contributed by atoms with E-state index in [9.17, 15) is 24.0 Å². The molecule has 1 aliphatic carbocycles. The second-order valence-electron chi connectivity index (χ2n) is 11.7. The van der Waals surface area contributed by atoms with E-state index in [0.29, 0.717) is 35.8 Å². The topological polar surface area (TPSA) is 137 Å². The summed E-state index contributed by atoms with van der Waals surface area (Å²) in [6.45, 7) is 2.35. The van der Waals surface area contributed by atoms with Gasteiger partial charge in [0.2, 0.25) is 17.6 Å². The number of ether oxygens (including phenoxy) is 1. The van der Waals surface area contributed by atoms with Crippen LogP contribution in [0.15, 0.2) is 35.4 Å². The van der Waals surface area contributed by atoms with Crippen molar-refractivity contribution in [2.45, 2.75) is 89.1 Å². The minimum atomic E-state index is -0.828. The van der Waals surface area contributed by atoms with E-state index in [1.54, 1.807) is 38.2 Å². The zero-order valence-electron chi connectivity index (χ0n) is 24.8. The zero-order valence-corrected chi connectivity index (χ0v) is 25.6. The summed E-state index contributed by atoms with van der Waals surface area (Å²) in [4.78, 5) is 68.7. The molecule has 2 saturated heterocycles. The van der Waals surface area contributed by atoms with Crippen LogP contribution in [0.4, 0.5) is 5.69 Å². The van der Waals surface area contributed by atoms with E-state index >= 15 is 0 Å². The molecule has 4 aliphatic rings. The number of hydrogen-bond donors (Lipinski definition) is 3. The molecule has 0 bridgehead atoms. The number of thioether (sulfide) groups is 1. The van der Waals surface area contributed by atoms with Crippen LogP contribution in [-0.2, 0) is 23.9 Å². The molecule has 3 amide bonds. The molecule has 4 atom stereocenters. The van der Waals surface area contributed by atoms with Gasteiger partial charge in [-0.1, -0.05) is 31.4 Å². The quantitative estimate of drug-likeness (QED) is 0.269. The van der Waals surface area contributed by atoms with Gasteiger partial charge in [-0.2, -0.15) is 0 Å². The van der Waals surface area contributed by atoms with Gasteiger partial charge in [-0.15, -0.1) is 11.8 Å². The number of benzene rings is 1. The summed E-state index contributed by atoms with van der Waals surface area (Å²) in [7, 11) is 1.73. The Morgan fingerprint density at radius 2 is 1.84 bits per heavy atom. The van der Waals surface area contributed by atoms with Crippen molar-refractivity contribution in [2.75, 3.05) is 24.8 Å². The smallest absolute Gasteiger partial charge is 0.306 e. The molecule has 0 aromatic heterocycles. The first-order valence-corrected chi connectivity index (χ1v) is 16.3. The van der Waals surface area contributed by atoms with E-state index < -0.39 is 30.1 Å². The van der Waals surface area contributed by atoms with Gasteiger partial charge >= 0.3 is 5.97 Å². The van der Waals surface area contributed by atoms with Crippen LogP contribution in [0.3, 0.4) is 0 Å². The lowest BCUT2D eigenvalue weighted by Crippen LogP contribution is -2.58. The number of nitrogens with zero attached hydrogens (tertiary/aromatic N) is 2. The molecule has 11 nitrogen and oxygen atoms in total. The Bertz CT molecular complexity index is 1280. The number of likely N-dealkylation sites (tertiary alicyclic amines) is 1. The Kier molecular flexibility index (Phi) is 10.1. The van der Waals surface area contributed by atoms with Crippen LogP contribution in [0.5, 0.6) is 0 Å². The first-order valence-electron chi connectivity index (χ1n) is 15.3. The molecule has 232 valence electrons. The van der Waals surface area contributed by atoms with Crippen molar-refractivity contribution in [1.29, 1.82) is 0 Å². The highest BCUT2D eigenvalue weighted by Crippen LogP contribution is 2.35. The van der Waals surface area contributed by atoms with Gasteiger partial charge in [-0.25, -0.2) is 0 Å². The molecule has 1 aromatic carbocycles. The highest BCUT2D eigenvalue weighted by atomic mass is 32.2. The number of carbonyl (C=O) groups is 5. The molecule has 43 heavy (non-hydrogen) atoms. The fourth-order valence-electron chi connectivity index (χ4n) is 6.35. The fraction of sp³-hybridized carbons (Fsp3) is 0.581. The van der Waals surface area contributed by atoms with Gasteiger partial charge in [0.25, 0.3) is 5.91 Å². The maximum atomic E-state index is 14.2. The molecule has 1 aromatic rings. The molecule has 5 rings (SSSR count). The number of ketones is 1. The Balaban J connectivity index is 1.30. The van der Waals surface area contributed by atoms with Crippen molar-refractivity contribution >= 4 is 46.9 Å². The zero-order chi connectivity index (χ0) is 30.5. The number of rotatable bonds is 10. The van der Waals surface area contributed by atoms with Crippen LogP contribution in [-0.4, -0.2) is 83.1 Å². The molecule has 2 unspecified atom stereocenters. The van der Waals surface area contributed by atoms with Crippen molar-refractivity contribution in [2.24, 2.45) is 5.92 Å². The van der Waals surface area contributed by atoms with Crippen molar-refractivity contribution < 1.29 is 28.7 Å². The number of cyclic esters (lactones) is 1. The summed E-state index contributed by atoms with van der Waals surface area (Å²) in [5.74, 6) is -0.653. The minimum absolute atomic E-state index is 0.0768. The highest BCUT2D eigenvalue weighted by molar-refractivity contribution is 8.02. The Morgan fingerprint density at radius 3 is 2.56 bits per heavy atom. The number of amides is 3. The number of esters is 1. The van der Waals surface area contributed by atoms with Crippen molar-refractivity contribution in [3.8, 4) is 0 Å². The number of Topliss-reactive ketones (excluding diaryl/α,β-unsaturated/α-hetero) is 1. The highest BCUT2D eigenvalue weighted by Gasteiger charge is 2.42. The Hall–Kier alpha value is -3.38. The lowest BCUT2D eigenvalue weighted by atomic mass is 9.83. The normalized spacial score (nSPS) is 23.9. The van der Waals surface area contributed by atoms with Gasteiger partial charge in [0.15, 0.2) is 6.10 Å². The number of anilines is 1. The van der Waals surface area contributed by atoms with Crippen LogP contribution < -0.4 is 16.0 Å². The number of allylic oxidation sites excluding steroid dienone is 1. The summed E-state index contributed by atoms with van der Waals surface area (Å²) in [6, 6.07) is 5.70. The third kappa shape index (κ3) is 7.06. The van der Waals surface area contributed by atoms with Gasteiger partial charge in [-0.3, -0.25) is 24.0 Å². The Morgan fingerprint density at radius 1 is 1.05 bits per heavy atom. The first kappa shape index (κ1) is 31.1. The first-order chi connectivity index (χ1) is 20.8. The number of likely N-dealkylation sites (N-methyl/N-ethyl adjacent to an activating group) is 1. The predicted molar refractivity (Wildman–Crippen MR) is 163 cm³/mol. The molecule has 12 heteroatoms. The second kappa shape index (κ2) is 13.9. The van der Waals surface area contributed by atoms with E-state index in [0.717, 1.165) is 44.9 Å². The van der Waals surface area contributed by atoms with Crippen LogP contribution in [0.1, 0.15) is 75.1 Å². The van der Waals surface area contributed by atoms with E-state index in [-0.39, 0.29) is 36.1 Å². The molecule has 3 N–H and O–H groups in total. The van der Waals surface area contributed by atoms with Crippen LogP contribution in [0.25, 0.3) is 0 Å². The predicted octanol–water partition coefficient (Wildman–Crippen LogP) is 2.98. The number of carbonyl (C=O) groups excluding carboxylic acids is 5. The number of hydrogen-bond acceptors (Lipinski definition) is 9. The molecule has 0 radical (unpaired) electrons. The second-order valence-corrected chi connectivity index (χ2v) is 12.6. The monoisotopic (exact) mass is 611 g/mol. The van der Waals surface area contributed by atoms with E-state index in [4.69, 9.17) is 4.74 Å². The molecule has 3 fully saturated rings. The summed E-state index contributed by atoms with van der Waals surface area (Å²) >= 11 is 1.51. The molecular weight excluding hydrogens is 570 g/mol. The van der Waals surface area contributed by atoms with Crippen molar-refractivity contribution in [3.05, 3.63) is 40.9 Å². The fourth-order valence-corrected chi connectivity index (χ4v) is 7.30. The maximum absolute atomic E-state index is 14.2. The molecule has 3 heterocycles. The third-order valence-corrected chi connectivity index (χ3v) is 9.71. The summed E-state index contributed by atoms with van der Waals surface area (Å²) < 4.78 is 5.05. The number of nitrogens with one attached hydrogen (secondary N) is 3. The average Bonchev–Trinajstić information content (AvgIpc) is 3.80. The maximum Gasteiger partial charge on any atom is 0.306 e. The van der Waals surface area contributed by atoms with Crippen molar-refractivity contribution in [1.82, 2.24) is 20.4 Å². The van der Waals surface area contributed by atoms with E-state index in [1.807, 2.05) is 15.2 Å². The van der Waals surface area contributed by atoms with Crippen LogP contribution in [0.2, 0.25) is 0 Å². The van der Waals surface area contributed by atoms with Gasteiger partial charge in [-0.05, 0) is 57.7 Å². The van der Waals surface area contributed by atoms with Gasteiger partial charge in [0, 0.05) is 36.0 Å². The Labute approximate surface area is 256 Å². The average molecular weight is 612 g/mol. The summed E-state index contributed by atoms with van der Waals surface area (Å²) in [5.41, 5.74) is 1.35. The lowest BCUT2D eigenvalue weighted by molar-refractivity contribution is -0.146. The van der Waals surface area contributed by atoms with Crippen molar-refractivity contribution in [3.63, 3.8) is 0 Å². The van der Waals surface area contributed by atoms with E-state index in [1.165, 1.54) is 11.8 Å². The lowest BCUT2D eigenvalue weighted by Gasteiger charge is -2.39. The van der Waals surface area contributed by atoms with Gasteiger partial charge < -0.3 is 30.5 Å². The van der Waals surface area contributed by atoms with Gasteiger partial charge in [0.05, 0.1) is 17.6 Å². The molecule has 3 aliphatic heterocycles. The minimum Gasteiger partial charge on any atom is -0.452 e. The standard InChI is InChI=1S/C31H41N5O6S/c1-19(32-2)29(39)34-27(20-8-4-3-5-9-20)31(41)35-15-7-12-25(35)36-18-43-17-23(36)28(38)21-10-6-11-22(16-21)33-30(40)24-13-14-26(37)42-24/h6,10-11,16-17,19-20,24-25,27,32H,3-5,7-9,12-15,18H2,1-2H3,(H,33,40)(H,34,39)/t19-,24?,25?,27-/m0/s1. The molecular formula is C31H41N5O6S. The summed E-state index contributed by atoms with van der Waals surface area (Å²) in [6.07, 6.45) is 6.01. The van der Waals surface area contributed by atoms with E-state index in [2.05, 4.69) is 16.0 Å². The van der Waals surface area contributed by atoms with Crippen LogP contribution >= 0.6 is 11.8 Å². The summed E-state index contributed by atoms with van der Waals surface area (Å²) in [5, 5.41) is 10.6. The van der Waals surface area contributed by atoms with Crippen LogP contribution in [0, 0.1) is 5.92 Å². The molecule has 1 saturated carbocycles. The third-order valence-electron chi connectivity index (χ3n) is 8.90. The largest absolute Gasteiger partial charge is 0.452 e. The SMILES string of the molecule is CN[C@@H](C)C(=O)N[C@H](C(=O)N1CCCC1N1CSC=C1C(=O)c1cccc(NC(=O)C2CCC(=O)O2)c1)C1CCCCC1. The van der Waals surface area contributed by atoms with Gasteiger partial charge in [0.1, 0.15) is 12.2 Å². The molecule has 0 spiro atoms.